The molecule has 0 saturated carbocycles. The Labute approximate surface area is 145 Å². The van der Waals surface area contributed by atoms with E-state index in [1.54, 1.807) is 56.6 Å². The molecule has 0 radical (unpaired) electrons. The molecule has 1 heterocycles. The fourth-order valence-corrected chi connectivity index (χ4v) is 3.84. The fourth-order valence-electron chi connectivity index (χ4n) is 2.79. The highest BCUT2D eigenvalue weighted by Gasteiger charge is 2.15. The van der Waals surface area contributed by atoms with Crippen LogP contribution < -0.4 is 16.1 Å². The van der Waals surface area contributed by atoms with Gasteiger partial charge in [0.2, 0.25) is 0 Å². The van der Waals surface area contributed by atoms with Crippen molar-refractivity contribution in [2.75, 3.05) is 11.3 Å². The molecule has 0 aliphatic heterocycles. The fraction of sp³-hybridized carbons (Fsp3) is 0.235. The number of fused-ring (bicyclic) bond motifs is 1. The Kier molecular flexibility index (Phi) is 4.40. The van der Waals surface area contributed by atoms with E-state index in [2.05, 4.69) is 4.72 Å². The number of aromatic nitrogens is 2. The van der Waals surface area contributed by atoms with E-state index in [0.717, 1.165) is 11.1 Å². The number of anilines is 1. The quantitative estimate of drug-likeness (QED) is 0.714. The third kappa shape index (κ3) is 3.18. The van der Waals surface area contributed by atoms with Crippen molar-refractivity contribution in [2.24, 2.45) is 19.8 Å². The van der Waals surface area contributed by atoms with Gasteiger partial charge in [-0.15, -0.1) is 0 Å². The number of nitrogens with two attached hydrogens (primary N) is 1. The number of hydrogen-bond donors (Lipinski definition) is 2. The Morgan fingerprint density at radius 3 is 2.28 bits per heavy atom. The van der Waals surface area contributed by atoms with Crippen molar-refractivity contribution in [2.45, 2.75) is 11.3 Å². The van der Waals surface area contributed by atoms with E-state index in [9.17, 15) is 13.2 Å². The van der Waals surface area contributed by atoms with Gasteiger partial charge in [-0.05, 0) is 48.9 Å². The smallest absolute Gasteiger partial charge is 0.328 e. The molecule has 0 saturated heterocycles. The summed E-state index contributed by atoms with van der Waals surface area (Å²) in [7, 11) is -0.375. The van der Waals surface area contributed by atoms with Crippen LogP contribution in [0.25, 0.3) is 11.0 Å². The minimum absolute atomic E-state index is 0.162. The van der Waals surface area contributed by atoms with E-state index in [0.29, 0.717) is 24.2 Å². The number of imidazole rings is 1. The first-order valence-corrected chi connectivity index (χ1v) is 9.29. The van der Waals surface area contributed by atoms with Gasteiger partial charge in [0.1, 0.15) is 0 Å². The molecule has 3 rings (SSSR count). The van der Waals surface area contributed by atoms with Gasteiger partial charge in [-0.1, -0.05) is 12.1 Å². The molecule has 8 heteroatoms. The molecular formula is C17H20N4O3S. The average Bonchev–Trinajstić information content (AvgIpc) is 2.80. The van der Waals surface area contributed by atoms with E-state index in [-0.39, 0.29) is 10.6 Å². The second kappa shape index (κ2) is 6.38. The number of sulfonamides is 1. The van der Waals surface area contributed by atoms with Crippen LogP contribution in [0.5, 0.6) is 0 Å². The zero-order valence-electron chi connectivity index (χ0n) is 14.1. The first kappa shape index (κ1) is 17.2. The molecule has 0 amide bonds. The van der Waals surface area contributed by atoms with E-state index in [1.165, 1.54) is 9.13 Å². The molecule has 3 aromatic rings. The number of rotatable bonds is 5. The monoisotopic (exact) mass is 360 g/mol. The summed E-state index contributed by atoms with van der Waals surface area (Å²) < 4.78 is 30.7. The molecule has 0 aliphatic carbocycles. The maximum atomic E-state index is 12.6. The maximum Gasteiger partial charge on any atom is 0.328 e. The third-order valence-corrected chi connectivity index (χ3v) is 5.59. The van der Waals surface area contributed by atoms with Gasteiger partial charge in [-0.2, -0.15) is 0 Å². The largest absolute Gasteiger partial charge is 0.330 e. The van der Waals surface area contributed by atoms with Crippen LogP contribution in [0.15, 0.2) is 52.2 Å². The SMILES string of the molecule is Cn1c(=O)n(C)c2cc(NS(=O)(=O)c3ccc(CCN)cc3)ccc21. The zero-order chi connectivity index (χ0) is 18.2. The second-order valence-electron chi connectivity index (χ2n) is 5.89. The van der Waals surface area contributed by atoms with Crippen LogP contribution in [0, 0.1) is 0 Å². The van der Waals surface area contributed by atoms with Crippen LogP contribution in [0.4, 0.5) is 5.69 Å². The van der Waals surface area contributed by atoms with Gasteiger partial charge in [0.05, 0.1) is 21.6 Å². The van der Waals surface area contributed by atoms with Crippen molar-refractivity contribution in [3.8, 4) is 0 Å². The van der Waals surface area contributed by atoms with Crippen molar-refractivity contribution in [1.82, 2.24) is 9.13 Å². The highest BCUT2D eigenvalue weighted by Crippen LogP contribution is 2.21. The zero-order valence-corrected chi connectivity index (χ0v) is 14.9. The van der Waals surface area contributed by atoms with Crippen LogP contribution in [0.3, 0.4) is 0 Å². The van der Waals surface area contributed by atoms with Crippen molar-refractivity contribution in [1.29, 1.82) is 0 Å². The lowest BCUT2D eigenvalue weighted by atomic mass is 10.2. The minimum atomic E-state index is -3.71. The van der Waals surface area contributed by atoms with Crippen LogP contribution in [-0.4, -0.2) is 24.1 Å². The summed E-state index contributed by atoms with van der Waals surface area (Å²) in [4.78, 5) is 12.1. The Morgan fingerprint density at radius 2 is 1.64 bits per heavy atom. The predicted octanol–water partition coefficient (Wildman–Crippen LogP) is 1.18. The molecule has 0 bridgehead atoms. The van der Waals surface area contributed by atoms with Crippen molar-refractivity contribution < 1.29 is 8.42 Å². The molecule has 1 aromatic heterocycles. The molecule has 25 heavy (non-hydrogen) atoms. The molecule has 0 fully saturated rings. The van der Waals surface area contributed by atoms with E-state index in [4.69, 9.17) is 5.73 Å². The minimum Gasteiger partial charge on any atom is -0.330 e. The van der Waals surface area contributed by atoms with Crippen LogP contribution in [0.2, 0.25) is 0 Å². The topological polar surface area (TPSA) is 99.1 Å². The van der Waals surface area contributed by atoms with E-state index < -0.39 is 10.0 Å². The van der Waals surface area contributed by atoms with E-state index >= 15 is 0 Å². The Balaban J connectivity index is 1.94. The van der Waals surface area contributed by atoms with Crippen molar-refractivity contribution >= 4 is 26.7 Å². The summed E-state index contributed by atoms with van der Waals surface area (Å²) in [5, 5.41) is 0. The molecular weight excluding hydrogens is 340 g/mol. The molecule has 0 spiro atoms. The highest BCUT2D eigenvalue weighted by atomic mass is 32.2. The van der Waals surface area contributed by atoms with Crippen LogP contribution in [0.1, 0.15) is 5.56 Å². The molecule has 0 aliphatic rings. The van der Waals surface area contributed by atoms with Gasteiger partial charge < -0.3 is 5.73 Å². The van der Waals surface area contributed by atoms with Gasteiger partial charge in [-0.25, -0.2) is 13.2 Å². The van der Waals surface area contributed by atoms with Gasteiger partial charge in [-0.3, -0.25) is 13.9 Å². The molecule has 0 unspecified atom stereocenters. The number of nitrogens with zero attached hydrogens (tertiary/aromatic N) is 2. The summed E-state index contributed by atoms with van der Waals surface area (Å²) in [5.74, 6) is 0. The second-order valence-corrected chi connectivity index (χ2v) is 7.57. The Bertz CT molecular complexity index is 1080. The third-order valence-electron chi connectivity index (χ3n) is 4.19. The molecule has 132 valence electrons. The Hall–Kier alpha value is -2.58. The lowest BCUT2D eigenvalue weighted by Crippen LogP contribution is -2.19. The number of benzene rings is 2. The van der Waals surface area contributed by atoms with Gasteiger partial charge in [0.15, 0.2) is 0 Å². The summed E-state index contributed by atoms with van der Waals surface area (Å²) in [5.41, 5.74) is 8.12. The van der Waals surface area contributed by atoms with Crippen LogP contribution in [-0.2, 0) is 30.5 Å². The molecule has 7 nitrogen and oxygen atoms in total. The van der Waals surface area contributed by atoms with Gasteiger partial charge in [0, 0.05) is 14.1 Å². The maximum absolute atomic E-state index is 12.6. The summed E-state index contributed by atoms with van der Waals surface area (Å²) >= 11 is 0. The Morgan fingerprint density at radius 1 is 1.00 bits per heavy atom. The van der Waals surface area contributed by atoms with Gasteiger partial charge >= 0.3 is 5.69 Å². The summed E-state index contributed by atoms with van der Waals surface area (Å²) in [6.07, 6.45) is 0.701. The lowest BCUT2D eigenvalue weighted by molar-refractivity contribution is 0.601. The first-order valence-electron chi connectivity index (χ1n) is 7.81. The number of aryl methyl sites for hydroxylation is 2. The predicted molar refractivity (Wildman–Crippen MR) is 98.2 cm³/mol. The molecule has 2 aromatic carbocycles. The van der Waals surface area contributed by atoms with E-state index in [1.807, 2.05) is 0 Å². The summed E-state index contributed by atoms with van der Waals surface area (Å²) in [6.45, 7) is 0.514. The normalized spacial score (nSPS) is 11.8. The number of hydrogen-bond acceptors (Lipinski definition) is 4. The average molecular weight is 360 g/mol. The summed E-state index contributed by atoms with van der Waals surface area (Å²) in [6, 6.07) is 11.6. The molecule has 0 atom stereocenters. The highest BCUT2D eigenvalue weighted by molar-refractivity contribution is 7.92. The lowest BCUT2D eigenvalue weighted by Gasteiger charge is -2.09. The van der Waals surface area contributed by atoms with Gasteiger partial charge in [0.25, 0.3) is 10.0 Å². The number of nitrogens with one attached hydrogen (secondary N) is 1. The first-order chi connectivity index (χ1) is 11.8. The molecule has 3 N–H and O–H groups in total. The van der Waals surface area contributed by atoms with Crippen LogP contribution >= 0.6 is 0 Å². The van der Waals surface area contributed by atoms with Crippen molar-refractivity contribution in [3.63, 3.8) is 0 Å². The van der Waals surface area contributed by atoms with Crippen molar-refractivity contribution in [3.05, 3.63) is 58.5 Å². The standard InChI is InChI=1S/C17H20N4O3S/c1-20-15-8-5-13(11-16(15)21(2)17(20)22)19-25(23,24)14-6-3-12(4-7-14)9-10-18/h3-8,11,19H,9-10,18H2,1-2H3.